The van der Waals surface area contributed by atoms with Crippen molar-refractivity contribution in [3.63, 3.8) is 0 Å². The summed E-state index contributed by atoms with van der Waals surface area (Å²) in [6, 6.07) is 18.5. The van der Waals surface area contributed by atoms with E-state index in [0.29, 0.717) is 37.1 Å². The highest BCUT2D eigenvalue weighted by Crippen LogP contribution is 2.38. The third-order valence-corrected chi connectivity index (χ3v) is 10.5. The number of hydrogen-bond acceptors (Lipinski definition) is 8. The van der Waals surface area contributed by atoms with Crippen molar-refractivity contribution in [1.29, 1.82) is 0 Å². The Morgan fingerprint density at radius 2 is 1.61 bits per heavy atom. The average molecular weight is 622 g/mol. The number of rotatable bonds is 9. The van der Waals surface area contributed by atoms with Gasteiger partial charge in [-0.05, 0) is 54.6 Å². The molecule has 1 fully saturated rings. The van der Waals surface area contributed by atoms with Crippen LogP contribution in [0.2, 0.25) is 5.02 Å². The molecule has 1 atom stereocenters. The predicted octanol–water partition coefficient (Wildman–Crippen LogP) is 2.51. The minimum Gasteiger partial charge on any atom is -0.492 e. The summed E-state index contributed by atoms with van der Waals surface area (Å²) in [6.45, 7) is 1.27. The van der Waals surface area contributed by atoms with Crippen LogP contribution >= 0.6 is 11.6 Å². The lowest BCUT2D eigenvalue weighted by Gasteiger charge is -2.34. The molecule has 0 spiro atoms. The van der Waals surface area contributed by atoms with Crippen LogP contribution in [0, 0.1) is 0 Å². The van der Waals surface area contributed by atoms with Gasteiger partial charge in [-0.1, -0.05) is 29.8 Å². The van der Waals surface area contributed by atoms with Crippen molar-refractivity contribution in [1.82, 2.24) is 9.62 Å². The van der Waals surface area contributed by atoms with E-state index in [2.05, 4.69) is 5.32 Å². The van der Waals surface area contributed by atoms with E-state index in [1.54, 1.807) is 36.4 Å². The number of carbonyl (C=O) groups is 1. The topological polar surface area (TPSA) is 132 Å². The number of nitrogens with one attached hydrogen (secondary N) is 1. The van der Waals surface area contributed by atoms with E-state index in [1.807, 2.05) is 0 Å². The van der Waals surface area contributed by atoms with Gasteiger partial charge < -0.3 is 19.5 Å². The van der Waals surface area contributed by atoms with Crippen LogP contribution in [-0.4, -0.2) is 79.2 Å². The molecule has 41 heavy (non-hydrogen) atoms. The van der Waals surface area contributed by atoms with E-state index >= 15 is 0 Å². The molecule has 11 nitrogen and oxygen atoms in total. The number of benzene rings is 3. The fraction of sp³-hybridized carbons (Fsp3) is 0.296. The molecular weight excluding hydrogens is 594 g/mol. The van der Waals surface area contributed by atoms with Gasteiger partial charge in [0.1, 0.15) is 18.1 Å². The van der Waals surface area contributed by atoms with Gasteiger partial charge in [-0.25, -0.2) is 16.8 Å². The number of hydrogen-bond donors (Lipinski definition) is 1. The van der Waals surface area contributed by atoms with Crippen molar-refractivity contribution in [2.24, 2.45) is 0 Å². The molecule has 3 aromatic rings. The SMILES string of the molecule is O=C(NCCOc1ccc(S(=O)(=O)N2CCOCC2)cc1)C1CN(S(=O)(=O)c2ccccc2)c2cc(Cl)ccc2O1. The molecule has 2 aliphatic rings. The van der Waals surface area contributed by atoms with Crippen LogP contribution in [0.4, 0.5) is 5.69 Å². The van der Waals surface area contributed by atoms with Crippen molar-refractivity contribution < 1.29 is 35.8 Å². The van der Waals surface area contributed by atoms with E-state index in [9.17, 15) is 21.6 Å². The van der Waals surface area contributed by atoms with Crippen molar-refractivity contribution in [3.05, 3.63) is 77.8 Å². The first kappa shape index (κ1) is 29.1. The lowest BCUT2D eigenvalue weighted by molar-refractivity contribution is -0.127. The minimum absolute atomic E-state index is 0.0733. The normalized spacial score (nSPS) is 17.8. The maximum atomic E-state index is 13.5. The summed E-state index contributed by atoms with van der Waals surface area (Å²) in [5.41, 5.74) is 0.243. The summed E-state index contributed by atoms with van der Waals surface area (Å²) >= 11 is 6.13. The van der Waals surface area contributed by atoms with Gasteiger partial charge in [0.2, 0.25) is 10.0 Å². The number of halogens is 1. The quantitative estimate of drug-likeness (QED) is 0.361. The first-order chi connectivity index (χ1) is 19.7. The van der Waals surface area contributed by atoms with Crippen LogP contribution < -0.4 is 19.1 Å². The molecule has 0 aliphatic carbocycles. The molecule has 0 radical (unpaired) electrons. The highest BCUT2D eigenvalue weighted by molar-refractivity contribution is 7.92. The van der Waals surface area contributed by atoms with Gasteiger partial charge in [-0.3, -0.25) is 9.10 Å². The van der Waals surface area contributed by atoms with Crippen LogP contribution in [0.1, 0.15) is 0 Å². The molecule has 0 aromatic heterocycles. The fourth-order valence-corrected chi connectivity index (χ4v) is 7.47. The molecule has 1 unspecified atom stereocenters. The lowest BCUT2D eigenvalue weighted by Crippen LogP contribution is -2.51. The number of nitrogens with zero attached hydrogens (tertiary/aromatic N) is 2. The van der Waals surface area contributed by atoms with Crippen LogP contribution in [-0.2, 0) is 29.6 Å². The van der Waals surface area contributed by atoms with Gasteiger partial charge in [-0.15, -0.1) is 0 Å². The van der Waals surface area contributed by atoms with E-state index in [4.69, 9.17) is 25.8 Å². The third kappa shape index (κ3) is 6.44. The molecule has 14 heteroatoms. The molecule has 3 aromatic carbocycles. The van der Waals surface area contributed by atoms with Crippen molar-refractivity contribution >= 4 is 43.2 Å². The van der Waals surface area contributed by atoms with Gasteiger partial charge in [0, 0.05) is 18.1 Å². The van der Waals surface area contributed by atoms with Crippen molar-refractivity contribution in [2.45, 2.75) is 15.9 Å². The van der Waals surface area contributed by atoms with Crippen LogP contribution in [0.5, 0.6) is 11.5 Å². The predicted molar refractivity (Wildman–Crippen MR) is 151 cm³/mol. The standard InChI is InChI=1S/C27H28ClN3O8S2/c28-20-6-11-25-24(18-20)31(41(35,36)22-4-2-1-3-5-22)19-26(39-25)27(32)29-12-15-38-21-7-9-23(10-8-21)40(33,34)30-13-16-37-17-14-30/h1-11,18,26H,12-17,19H2,(H,29,32). The molecule has 218 valence electrons. The summed E-state index contributed by atoms with van der Waals surface area (Å²) < 4.78 is 71.7. The van der Waals surface area contributed by atoms with E-state index < -0.39 is 32.1 Å². The number of sulfonamides is 2. The highest BCUT2D eigenvalue weighted by Gasteiger charge is 2.37. The first-order valence-corrected chi connectivity index (χ1v) is 16.0. The largest absolute Gasteiger partial charge is 0.492 e. The summed E-state index contributed by atoms with van der Waals surface area (Å²) in [7, 11) is -7.61. The van der Waals surface area contributed by atoms with Crippen LogP contribution in [0.15, 0.2) is 82.6 Å². The smallest absolute Gasteiger partial charge is 0.264 e. The fourth-order valence-electron chi connectivity index (χ4n) is 4.41. The maximum Gasteiger partial charge on any atom is 0.264 e. The molecular formula is C27H28ClN3O8S2. The van der Waals surface area contributed by atoms with E-state index in [-0.39, 0.29) is 40.9 Å². The number of fused-ring (bicyclic) bond motifs is 1. The zero-order chi connectivity index (χ0) is 29.0. The Kier molecular flexibility index (Phi) is 8.71. The maximum absolute atomic E-state index is 13.5. The summed E-state index contributed by atoms with van der Waals surface area (Å²) in [5, 5.41) is 3.03. The van der Waals surface area contributed by atoms with Gasteiger partial charge in [0.15, 0.2) is 6.10 Å². The number of carbonyl (C=O) groups excluding carboxylic acids is 1. The van der Waals surface area contributed by atoms with E-state index in [1.165, 1.54) is 40.7 Å². The molecule has 5 rings (SSSR count). The minimum atomic E-state index is -4.00. The number of anilines is 1. The molecule has 2 aliphatic heterocycles. The summed E-state index contributed by atoms with van der Waals surface area (Å²) in [5.74, 6) is 0.123. The monoisotopic (exact) mass is 621 g/mol. The number of morpholine rings is 1. The lowest BCUT2D eigenvalue weighted by atomic mass is 10.2. The van der Waals surface area contributed by atoms with Gasteiger partial charge in [0.25, 0.3) is 15.9 Å². The second-order valence-corrected chi connectivity index (χ2v) is 13.4. The summed E-state index contributed by atoms with van der Waals surface area (Å²) in [4.78, 5) is 13.2. The molecule has 0 bridgehead atoms. The van der Waals surface area contributed by atoms with Crippen molar-refractivity contribution in [2.75, 3.05) is 50.3 Å². The zero-order valence-electron chi connectivity index (χ0n) is 21.8. The second kappa shape index (κ2) is 12.2. The van der Waals surface area contributed by atoms with Gasteiger partial charge >= 0.3 is 0 Å². The number of amides is 1. The summed E-state index contributed by atoms with van der Waals surface area (Å²) in [6.07, 6.45) is -1.12. The Morgan fingerprint density at radius 1 is 0.927 bits per heavy atom. The van der Waals surface area contributed by atoms with Crippen molar-refractivity contribution in [3.8, 4) is 11.5 Å². The first-order valence-electron chi connectivity index (χ1n) is 12.8. The Labute approximate surface area is 243 Å². The second-order valence-electron chi connectivity index (χ2n) is 9.20. The Bertz CT molecular complexity index is 1600. The number of ether oxygens (including phenoxy) is 3. The molecule has 1 amide bonds. The third-order valence-electron chi connectivity index (χ3n) is 6.52. The van der Waals surface area contributed by atoms with Gasteiger partial charge in [0.05, 0.1) is 41.8 Å². The van der Waals surface area contributed by atoms with Crippen LogP contribution in [0.3, 0.4) is 0 Å². The Morgan fingerprint density at radius 3 is 2.32 bits per heavy atom. The molecule has 1 saturated heterocycles. The van der Waals surface area contributed by atoms with Gasteiger partial charge in [-0.2, -0.15) is 4.31 Å². The van der Waals surface area contributed by atoms with E-state index in [0.717, 1.165) is 4.31 Å². The molecule has 0 saturated carbocycles. The molecule has 1 N–H and O–H groups in total. The highest BCUT2D eigenvalue weighted by atomic mass is 35.5. The zero-order valence-corrected chi connectivity index (χ0v) is 24.2. The Balaban J connectivity index is 1.19. The van der Waals surface area contributed by atoms with Crippen LogP contribution in [0.25, 0.3) is 0 Å². The Hall–Kier alpha value is -3.36. The molecule has 2 heterocycles. The average Bonchev–Trinajstić information content (AvgIpc) is 2.99.